The van der Waals surface area contributed by atoms with Gasteiger partial charge in [0.05, 0.1) is 0 Å². The summed E-state index contributed by atoms with van der Waals surface area (Å²) in [5.41, 5.74) is 5.29. The van der Waals surface area contributed by atoms with Crippen LogP contribution in [0.3, 0.4) is 0 Å². The van der Waals surface area contributed by atoms with Crippen LogP contribution in [0.4, 0.5) is 5.69 Å². The summed E-state index contributed by atoms with van der Waals surface area (Å²) in [5.74, 6) is 0.923. The van der Waals surface area contributed by atoms with Gasteiger partial charge < -0.3 is 4.90 Å². The third-order valence-electron chi connectivity index (χ3n) is 4.97. The Labute approximate surface area is 153 Å². The van der Waals surface area contributed by atoms with Gasteiger partial charge in [0.2, 0.25) is 5.91 Å². The summed E-state index contributed by atoms with van der Waals surface area (Å²) in [7, 11) is 0. The second-order valence-electron chi connectivity index (χ2n) is 7.50. The van der Waals surface area contributed by atoms with Crippen LogP contribution >= 0.6 is 0 Å². The van der Waals surface area contributed by atoms with Gasteiger partial charge in [-0.1, -0.05) is 6.07 Å². The fraction of sp³-hybridized carbons (Fsp3) is 0.286. The van der Waals surface area contributed by atoms with E-state index < -0.39 is 0 Å². The number of fused-ring (bicyclic) bond motifs is 1. The smallest absolute Gasteiger partial charge is 0.224 e. The zero-order valence-electron chi connectivity index (χ0n) is 15.5. The summed E-state index contributed by atoms with van der Waals surface area (Å²) in [5, 5.41) is 4.25. The number of rotatable bonds is 2. The first kappa shape index (κ1) is 16.5. The van der Waals surface area contributed by atoms with Crippen molar-refractivity contribution in [1.29, 1.82) is 0 Å². The molecule has 0 N–H and O–H groups in total. The number of nitrogens with zero attached hydrogens (tertiary/aromatic N) is 4. The minimum Gasteiger partial charge on any atom is -0.307 e. The van der Waals surface area contributed by atoms with Crippen molar-refractivity contribution in [2.45, 2.75) is 39.7 Å². The minimum atomic E-state index is -0.190. The molecule has 3 heterocycles. The molecule has 1 aromatic carbocycles. The molecule has 0 aliphatic carbocycles. The van der Waals surface area contributed by atoms with Crippen LogP contribution in [0.1, 0.15) is 31.9 Å². The standard InChI is InChI=1S/C21H22N4O/c1-14-10-18(13-22-20(14)24-9-5-8-23-24)16-6-7-19-17(11-16)12-21(3,4)25(19)15(2)26/h5-11,13H,12H2,1-4H3. The Morgan fingerprint density at radius 2 is 2.00 bits per heavy atom. The van der Waals surface area contributed by atoms with Crippen LogP contribution in [0.5, 0.6) is 0 Å². The summed E-state index contributed by atoms with van der Waals surface area (Å²) >= 11 is 0. The molecule has 0 radical (unpaired) electrons. The number of hydrogen-bond acceptors (Lipinski definition) is 3. The molecule has 1 aliphatic rings. The highest BCUT2D eigenvalue weighted by atomic mass is 16.2. The number of hydrogen-bond donors (Lipinski definition) is 0. The van der Waals surface area contributed by atoms with Crippen molar-refractivity contribution in [3.8, 4) is 16.9 Å². The van der Waals surface area contributed by atoms with Gasteiger partial charge in [-0.05, 0) is 68.1 Å². The van der Waals surface area contributed by atoms with Crippen LogP contribution in [0.2, 0.25) is 0 Å². The number of anilines is 1. The molecule has 26 heavy (non-hydrogen) atoms. The molecule has 0 fully saturated rings. The van der Waals surface area contributed by atoms with Crippen molar-refractivity contribution in [2.75, 3.05) is 4.90 Å². The molecule has 2 aromatic heterocycles. The number of carbonyl (C=O) groups is 1. The van der Waals surface area contributed by atoms with Crippen molar-refractivity contribution in [2.24, 2.45) is 0 Å². The van der Waals surface area contributed by atoms with E-state index in [2.05, 4.69) is 48.2 Å². The van der Waals surface area contributed by atoms with E-state index in [1.54, 1.807) is 17.8 Å². The molecule has 5 nitrogen and oxygen atoms in total. The van der Waals surface area contributed by atoms with Crippen molar-refractivity contribution in [1.82, 2.24) is 14.8 Å². The van der Waals surface area contributed by atoms with Gasteiger partial charge in [0, 0.05) is 42.3 Å². The third kappa shape index (κ3) is 2.60. The molecule has 5 heteroatoms. The number of benzene rings is 1. The number of aryl methyl sites for hydroxylation is 1. The molecule has 1 amide bonds. The first-order valence-corrected chi connectivity index (χ1v) is 8.77. The van der Waals surface area contributed by atoms with Crippen LogP contribution in [-0.2, 0) is 11.2 Å². The fourth-order valence-corrected chi connectivity index (χ4v) is 3.95. The van der Waals surface area contributed by atoms with E-state index in [-0.39, 0.29) is 11.4 Å². The molecule has 0 atom stereocenters. The van der Waals surface area contributed by atoms with E-state index in [1.807, 2.05) is 30.3 Å². The maximum Gasteiger partial charge on any atom is 0.224 e. The monoisotopic (exact) mass is 346 g/mol. The highest BCUT2D eigenvalue weighted by molar-refractivity contribution is 5.96. The predicted molar refractivity (Wildman–Crippen MR) is 102 cm³/mol. The number of pyridine rings is 1. The highest BCUT2D eigenvalue weighted by Gasteiger charge is 2.38. The Morgan fingerprint density at radius 3 is 2.65 bits per heavy atom. The quantitative estimate of drug-likeness (QED) is 0.706. The summed E-state index contributed by atoms with van der Waals surface area (Å²) in [6.45, 7) is 7.89. The fourth-order valence-electron chi connectivity index (χ4n) is 3.95. The number of carbonyl (C=O) groups excluding carboxylic acids is 1. The van der Waals surface area contributed by atoms with Crippen LogP contribution in [-0.4, -0.2) is 26.2 Å². The predicted octanol–water partition coefficient (Wildman–Crippen LogP) is 3.93. The maximum atomic E-state index is 12.1. The van der Waals surface area contributed by atoms with E-state index in [4.69, 9.17) is 0 Å². The van der Waals surface area contributed by atoms with E-state index in [0.29, 0.717) is 0 Å². The lowest BCUT2D eigenvalue weighted by Gasteiger charge is -2.31. The van der Waals surface area contributed by atoms with E-state index in [1.165, 1.54) is 5.56 Å². The van der Waals surface area contributed by atoms with E-state index in [9.17, 15) is 4.79 Å². The molecule has 3 aromatic rings. The Kier molecular flexibility index (Phi) is 3.68. The largest absolute Gasteiger partial charge is 0.307 e. The Bertz CT molecular complexity index is 989. The molecule has 0 unspecified atom stereocenters. The average molecular weight is 346 g/mol. The van der Waals surface area contributed by atoms with Crippen LogP contribution in [0, 0.1) is 6.92 Å². The van der Waals surface area contributed by atoms with Crippen LogP contribution < -0.4 is 4.90 Å². The second-order valence-corrected chi connectivity index (χ2v) is 7.50. The summed E-state index contributed by atoms with van der Waals surface area (Å²) in [6.07, 6.45) is 6.38. The van der Waals surface area contributed by atoms with Gasteiger partial charge in [0.15, 0.2) is 5.82 Å². The van der Waals surface area contributed by atoms with Crippen molar-refractivity contribution in [3.63, 3.8) is 0 Å². The molecular weight excluding hydrogens is 324 g/mol. The molecule has 132 valence electrons. The summed E-state index contributed by atoms with van der Waals surface area (Å²) < 4.78 is 1.77. The Morgan fingerprint density at radius 1 is 1.19 bits per heavy atom. The zero-order chi connectivity index (χ0) is 18.5. The lowest BCUT2D eigenvalue weighted by Crippen LogP contribution is -2.44. The zero-order valence-corrected chi connectivity index (χ0v) is 15.5. The van der Waals surface area contributed by atoms with Crippen LogP contribution in [0.15, 0.2) is 48.9 Å². The topological polar surface area (TPSA) is 51.0 Å². The third-order valence-corrected chi connectivity index (χ3v) is 4.97. The van der Waals surface area contributed by atoms with Gasteiger partial charge >= 0.3 is 0 Å². The van der Waals surface area contributed by atoms with Gasteiger partial charge in [-0.15, -0.1) is 0 Å². The molecular formula is C21H22N4O. The van der Waals surface area contributed by atoms with Crippen molar-refractivity contribution in [3.05, 3.63) is 60.0 Å². The van der Waals surface area contributed by atoms with Gasteiger partial charge in [0.25, 0.3) is 0 Å². The van der Waals surface area contributed by atoms with Crippen LogP contribution in [0.25, 0.3) is 16.9 Å². The lowest BCUT2D eigenvalue weighted by atomic mass is 9.97. The average Bonchev–Trinajstić information content (AvgIpc) is 3.17. The lowest BCUT2D eigenvalue weighted by molar-refractivity contribution is -0.117. The maximum absolute atomic E-state index is 12.1. The molecule has 0 saturated carbocycles. The van der Waals surface area contributed by atoms with Crippen molar-refractivity contribution < 1.29 is 4.79 Å². The molecule has 0 bridgehead atoms. The van der Waals surface area contributed by atoms with Gasteiger partial charge in [-0.2, -0.15) is 5.10 Å². The van der Waals surface area contributed by atoms with E-state index >= 15 is 0 Å². The Balaban J connectivity index is 1.73. The first-order chi connectivity index (χ1) is 12.4. The van der Waals surface area contributed by atoms with Gasteiger partial charge in [0.1, 0.15) is 0 Å². The van der Waals surface area contributed by atoms with Gasteiger partial charge in [-0.3, -0.25) is 4.79 Å². The Hall–Kier alpha value is -2.95. The highest BCUT2D eigenvalue weighted by Crippen LogP contribution is 2.40. The number of aromatic nitrogens is 3. The van der Waals surface area contributed by atoms with Gasteiger partial charge in [-0.25, -0.2) is 9.67 Å². The summed E-state index contributed by atoms with van der Waals surface area (Å²) in [6, 6.07) is 10.3. The second kappa shape index (κ2) is 5.80. The summed E-state index contributed by atoms with van der Waals surface area (Å²) in [4.78, 5) is 18.6. The molecule has 0 saturated heterocycles. The first-order valence-electron chi connectivity index (χ1n) is 8.77. The normalized spacial score (nSPS) is 15.2. The minimum absolute atomic E-state index is 0.0857. The van der Waals surface area contributed by atoms with E-state index in [0.717, 1.165) is 34.6 Å². The van der Waals surface area contributed by atoms with Crippen molar-refractivity contribution >= 4 is 11.6 Å². The SMILES string of the molecule is CC(=O)N1c2ccc(-c3cnc(-n4cccn4)c(C)c3)cc2CC1(C)C. The molecule has 0 spiro atoms. The molecule has 4 rings (SSSR count). The number of amides is 1. The molecule has 1 aliphatic heterocycles.